The molecule has 1 heterocycles. The van der Waals surface area contributed by atoms with Crippen molar-refractivity contribution in [2.24, 2.45) is 0 Å². The summed E-state index contributed by atoms with van der Waals surface area (Å²) in [5, 5.41) is 0. The van der Waals surface area contributed by atoms with Crippen LogP contribution in [0.4, 0.5) is 0 Å². The molecule has 0 aliphatic heterocycles. The molecule has 13 heavy (non-hydrogen) atoms. The van der Waals surface area contributed by atoms with Crippen molar-refractivity contribution in [2.45, 2.75) is 6.67 Å². The summed E-state index contributed by atoms with van der Waals surface area (Å²) in [6, 6.07) is 4.11. The molecular weight excluding hydrogens is 162 g/mol. The van der Waals surface area contributed by atoms with Crippen LogP contribution < -0.4 is 0 Å². The molecule has 0 bridgehead atoms. The van der Waals surface area contributed by atoms with Crippen molar-refractivity contribution in [3.63, 3.8) is 0 Å². The molecule has 0 aromatic carbocycles. The van der Waals surface area contributed by atoms with Gasteiger partial charge in [0.15, 0.2) is 0 Å². The standard InChI is InChI=1S/C10H19N3/c1-11(2)8-9-12(3)10-13-6-4-5-7-13/h4-7H,8-10H2,1-3H3. The van der Waals surface area contributed by atoms with Crippen molar-refractivity contribution in [1.29, 1.82) is 0 Å². The zero-order valence-corrected chi connectivity index (χ0v) is 8.77. The van der Waals surface area contributed by atoms with Crippen LogP contribution in [0.1, 0.15) is 0 Å². The van der Waals surface area contributed by atoms with Gasteiger partial charge >= 0.3 is 0 Å². The molecule has 0 saturated carbocycles. The van der Waals surface area contributed by atoms with Gasteiger partial charge in [-0.3, -0.25) is 4.90 Å². The van der Waals surface area contributed by atoms with Crippen LogP contribution >= 0.6 is 0 Å². The van der Waals surface area contributed by atoms with Crippen molar-refractivity contribution in [2.75, 3.05) is 34.2 Å². The fourth-order valence-electron chi connectivity index (χ4n) is 1.18. The average molecular weight is 181 g/mol. The Bertz CT molecular complexity index is 216. The lowest BCUT2D eigenvalue weighted by atomic mass is 10.5. The lowest BCUT2D eigenvalue weighted by molar-refractivity contribution is 0.237. The smallest absolute Gasteiger partial charge is 0.0742 e. The predicted molar refractivity (Wildman–Crippen MR) is 55.6 cm³/mol. The van der Waals surface area contributed by atoms with E-state index in [1.807, 2.05) is 0 Å². The van der Waals surface area contributed by atoms with E-state index in [1.165, 1.54) is 0 Å². The third-order valence-corrected chi connectivity index (χ3v) is 2.00. The second-order valence-corrected chi connectivity index (χ2v) is 3.72. The minimum absolute atomic E-state index is 0.973. The molecule has 0 radical (unpaired) electrons. The maximum Gasteiger partial charge on any atom is 0.0742 e. The first-order chi connectivity index (χ1) is 6.18. The number of aromatic nitrogens is 1. The largest absolute Gasteiger partial charge is 0.341 e. The lowest BCUT2D eigenvalue weighted by Gasteiger charge is -2.19. The third kappa shape index (κ3) is 4.10. The highest BCUT2D eigenvalue weighted by Crippen LogP contribution is 1.93. The number of hydrogen-bond donors (Lipinski definition) is 0. The molecule has 3 nitrogen and oxygen atoms in total. The molecule has 0 unspecified atom stereocenters. The van der Waals surface area contributed by atoms with Crippen LogP contribution in [0, 0.1) is 0 Å². The minimum Gasteiger partial charge on any atom is -0.341 e. The highest BCUT2D eigenvalue weighted by atomic mass is 15.2. The second kappa shape index (κ2) is 5.04. The Kier molecular flexibility index (Phi) is 3.99. The molecule has 3 heteroatoms. The first-order valence-corrected chi connectivity index (χ1v) is 4.62. The quantitative estimate of drug-likeness (QED) is 0.670. The molecule has 0 spiro atoms. The first kappa shape index (κ1) is 10.3. The van der Waals surface area contributed by atoms with Crippen LogP contribution in [-0.4, -0.2) is 48.6 Å². The molecule has 0 fully saturated rings. The Morgan fingerprint density at radius 1 is 1.00 bits per heavy atom. The summed E-state index contributed by atoms with van der Waals surface area (Å²) in [7, 11) is 6.34. The fraction of sp³-hybridized carbons (Fsp3) is 0.600. The van der Waals surface area contributed by atoms with Gasteiger partial charge < -0.3 is 9.47 Å². The topological polar surface area (TPSA) is 11.4 Å². The van der Waals surface area contributed by atoms with Crippen LogP contribution in [0.25, 0.3) is 0 Å². The lowest BCUT2D eigenvalue weighted by Crippen LogP contribution is -2.29. The molecule has 1 aromatic heterocycles. The molecule has 0 saturated heterocycles. The van der Waals surface area contributed by atoms with Gasteiger partial charge in [-0.1, -0.05) is 0 Å². The van der Waals surface area contributed by atoms with Crippen LogP contribution in [0.2, 0.25) is 0 Å². The number of rotatable bonds is 5. The molecule has 1 aromatic rings. The fourth-order valence-corrected chi connectivity index (χ4v) is 1.18. The average Bonchev–Trinajstić information content (AvgIpc) is 2.53. The van der Waals surface area contributed by atoms with E-state index in [1.54, 1.807) is 0 Å². The highest BCUT2D eigenvalue weighted by molar-refractivity contribution is 4.89. The van der Waals surface area contributed by atoms with E-state index in [9.17, 15) is 0 Å². The van der Waals surface area contributed by atoms with E-state index in [0.717, 1.165) is 19.8 Å². The summed E-state index contributed by atoms with van der Waals surface area (Å²) >= 11 is 0. The Balaban J connectivity index is 2.22. The van der Waals surface area contributed by atoms with Crippen molar-refractivity contribution in [3.05, 3.63) is 24.5 Å². The third-order valence-electron chi connectivity index (χ3n) is 2.00. The van der Waals surface area contributed by atoms with E-state index in [2.05, 4.69) is 60.0 Å². The van der Waals surface area contributed by atoms with Crippen molar-refractivity contribution >= 4 is 0 Å². The predicted octanol–water partition coefficient (Wildman–Crippen LogP) is 0.939. The molecule has 1 rings (SSSR count). The molecule has 74 valence electrons. The molecule has 0 aliphatic rings. The Morgan fingerprint density at radius 2 is 1.62 bits per heavy atom. The zero-order chi connectivity index (χ0) is 9.68. The summed E-state index contributed by atoms with van der Waals surface area (Å²) < 4.78 is 2.18. The summed E-state index contributed by atoms with van der Waals surface area (Å²) in [5.41, 5.74) is 0. The molecular formula is C10H19N3. The first-order valence-electron chi connectivity index (χ1n) is 4.62. The van der Waals surface area contributed by atoms with Gasteiger partial charge in [-0.2, -0.15) is 0 Å². The van der Waals surface area contributed by atoms with Gasteiger partial charge in [-0.15, -0.1) is 0 Å². The van der Waals surface area contributed by atoms with E-state index >= 15 is 0 Å². The van der Waals surface area contributed by atoms with Crippen LogP contribution in [-0.2, 0) is 6.67 Å². The van der Waals surface area contributed by atoms with Crippen molar-refractivity contribution < 1.29 is 0 Å². The van der Waals surface area contributed by atoms with Crippen molar-refractivity contribution in [1.82, 2.24) is 14.4 Å². The summed E-state index contributed by atoms with van der Waals surface area (Å²) in [4.78, 5) is 4.51. The maximum absolute atomic E-state index is 2.31. The van der Waals surface area contributed by atoms with Crippen LogP contribution in [0.15, 0.2) is 24.5 Å². The number of nitrogens with zero attached hydrogens (tertiary/aromatic N) is 3. The molecule has 0 N–H and O–H groups in total. The monoisotopic (exact) mass is 181 g/mol. The van der Waals surface area contributed by atoms with Crippen molar-refractivity contribution in [3.8, 4) is 0 Å². The Hall–Kier alpha value is -0.800. The minimum atomic E-state index is 0.973. The number of hydrogen-bond acceptors (Lipinski definition) is 2. The van der Waals surface area contributed by atoms with E-state index in [-0.39, 0.29) is 0 Å². The number of likely N-dealkylation sites (N-methyl/N-ethyl adjacent to an activating group) is 2. The summed E-state index contributed by atoms with van der Waals surface area (Å²) in [6.07, 6.45) is 4.18. The van der Waals surface area contributed by atoms with Gasteiger partial charge in [0.05, 0.1) is 6.67 Å². The van der Waals surface area contributed by atoms with Gasteiger partial charge in [0, 0.05) is 25.5 Å². The van der Waals surface area contributed by atoms with Gasteiger partial charge in [0.25, 0.3) is 0 Å². The zero-order valence-electron chi connectivity index (χ0n) is 8.77. The summed E-state index contributed by atoms with van der Waals surface area (Å²) in [5.74, 6) is 0. The molecule has 0 atom stereocenters. The van der Waals surface area contributed by atoms with Crippen LogP contribution in [0.5, 0.6) is 0 Å². The van der Waals surface area contributed by atoms with Gasteiger partial charge in [-0.25, -0.2) is 0 Å². The van der Waals surface area contributed by atoms with Crippen LogP contribution in [0.3, 0.4) is 0 Å². The Morgan fingerprint density at radius 3 is 2.15 bits per heavy atom. The van der Waals surface area contributed by atoms with Gasteiger partial charge in [-0.05, 0) is 33.3 Å². The normalized spacial score (nSPS) is 11.5. The van der Waals surface area contributed by atoms with E-state index < -0.39 is 0 Å². The second-order valence-electron chi connectivity index (χ2n) is 3.72. The Labute approximate surface area is 80.6 Å². The molecule has 0 amide bonds. The maximum atomic E-state index is 2.31. The van der Waals surface area contributed by atoms with Gasteiger partial charge in [0.2, 0.25) is 0 Å². The molecule has 0 aliphatic carbocycles. The van der Waals surface area contributed by atoms with Gasteiger partial charge in [0.1, 0.15) is 0 Å². The van der Waals surface area contributed by atoms with E-state index in [0.29, 0.717) is 0 Å². The van der Waals surface area contributed by atoms with E-state index in [4.69, 9.17) is 0 Å². The highest BCUT2D eigenvalue weighted by Gasteiger charge is 1.98. The summed E-state index contributed by atoms with van der Waals surface area (Å²) in [6.45, 7) is 3.18. The SMILES string of the molecule is CN(C)CCN(C)Cn1cccc1.